The number of carbonyl (C=O) groups is 1. The molecule has 1 atom stereocenters. The number of carboxylic acids is 1. The fourth-order valence-corrected chi connectivity index (χ4v) is 0.954. The zero-order valence-electron chi connectivity index (χ0n) is 7.57. The first-order valence-corrected chi connectivity index (χ1v) is 3.93. The molecule has 0 aliphatic rings. The number of hydrogen-bond donors (Lipinski definition) is 2. The summed E-state index contributed by atoms with van der Waals surface area (Å²) in [5.74, 6) is -1.03. The Hall–Kier alpha value is -1.36. The van der Waals surface area contributed by atoms with Gasteiger partial charge in [-0.25, -0.2) is 4.98 Å². The fourth-order valence-electron chi connectivity index (χ4n) is 0.954. The molecule has 1 aromatic heterocycles. The zero-order valence-corrected chi connectivity index (χ0v) is 7.57. The van der Waals surface area contributed by atoms with Crippen LogP contribution in [-0.2, 0) is 4.79 Å². The number of aryl methyl sites for hydroxylation is 2. The van der Waals surface area contributed by atoms with E-state index >= 15 is 0 Å². The molecule has 5 heteroatoms. The number of rotatable bonds is 3. The van der Waals surface area contributed by atoms with Gasteiger partial charge in [-0.05, 0) is 13.8 Å². The van der Waals surface area contributed by atoms with E-state index in [1.807, 2.05) is 0 Å². The molecule has 72 valence electrons. The summed E-state index contributed by atoms with van der Waals surface area (Å²) in [5, 5.41) is 8.75. The van der Waals surface area contributed by atoms with Crippen molar-refractivity contribution in [1.29, 1.82) is 0 Å². The molecule has 1 unspecified atom stereocenters. The summed E-state index contributed by atoms with van der Waals surface area (Å²) >= 11 is 0. The predicted molar refractivity (Wildman–Crippen MR) is 45.4 cm³/mol. The summed E-state index contributed by atoms with van der Waals surface area (Å²) < 4.78 is 5.16. The van der Waals surface area contributed by atoms with Gasteiger partial charge >= 0.3 is 5.97 Å². The largest absolute Gasteiger partial charge is 0.481 e. The molecule has 0 bridgehead atoms. The third-order valence-electron chi connectivity index (χ3n) is 1.88. The van der Waals surface area contributed by atoms with E-state index in [0.717, 1.165) is 0 Å². The van der Waals surface area contributed by atoms with Gasteiger partial charge in [-0.2, -0.15) is 0 Å². The number of aliphatic carboxylic acids is 1. The number of nitrogens with zero attached hydrogens (tertiary/aromatic N) is 1. The number of carboxylic acid groups (broad SMARTS) is 1. The van der Waals surface area contributed by atoms with Gasteiger partial charge in [0.15, 0.2) is 0 Å². The highest BCUT2D eigenvalue weighted by Gasteiger charge is 2.23. The first-order chi connectivity index (χ1) is 6.06. The Morgan fingerprint density at radius 2 is 2.31 bits per heavy atom. The van der Waals surface area contributed by atoms with Crippen LogP contribution in [0.25, 0.3) is 0 Å². The van der Waals surface area contributed by atoms with Gasteiger partial charge in [-0.1, -0.05) is 0 Å². The van der Waals surface area contributed by atoms with Crippen molar-refractivity contribution in [2.45, 2.75) is 19.8 Å². The Morgan fingerprint density at radius 1 is 1.69 bits per heavy atom. The molecule has 0 saturated heterocycles. The molecule has 0 aromatic carbocycles. The summed E-state index contributed by atoms with van der Waals surface area (Å²) in [6, 6.07) is 0. The lowest BCUT2D eigenvalue weighted by atomic mass is 10.1. The van der Waals surface area contributed by atoms with Crippen LogP contribution in [0.2, 0.25) is 0 Å². The van der Waals surface area contributed by atoms with Gasteiger partial charge in [0.25, 0.3) is 0 Å². The third-order valence-corrected chi connectivity index (χ3v) is 1.88. The van der Waals surface area contributed by atoms with E-state index in [9.17, 15) is 4.79 Å². The minimum Gasteiger partial charge on any atom is -0.481 e. The van der Waals surface area contributed by atoms with Crippen LogP contribution in [0.1, 0.15) is 23.3 Å². The van der Waals surface area contributed by atoms with Gasteiger partial charge in [0, 0.05) is 6.54 Å². The first kappa shape index (κ1) is 9.73. The summed E-state index contributed by atoms with van der Waals surface area (Å²) in [7, 11) is 0. The van der Waals surface area contributed by atoms with Gasteiger partial charge in [0.05, 0.1) is 5.69 Å². The molecule has 0 fully saturated rings. The van der Waals surface area contributed by atoms with Crippen molar-refractivity contribution in [3.05, 3.63) is 17.3 Å². The monoisotopic (exact) mass is 184 g/mol. The summed E-state index contributed by atoms with van der Waals surface area (Å²) in [4.78, 5) is 14.6. The van der Waals surface area contributed by atoms with Crippen molar-refractivity contribution in [2.75, 3.05) is 6.54 Å². The molecule has 3 N–H and O–H groups in total. The molecule has 0 radical (unpaired) electrons. The van der Waals surface area contributed by atoms with E-state index in [4.69, 9.17) is 15.3 Å². The Bertz CT molecular complexity index is 300. The highest BCUT2D eigenvalue weighted by atomic mass is 16.4. The Kier molecular flexibility index (Phi) is 2.67. The van der Waals surface area contributed by atoms with Crippen molar-refractivity contribution in [3.8, 4) is 0 Å². The number of nitrogens with two attached hydrogens (primary N) is 1. The summed E-state index contributed by atoms with van der Waals surface area (Å²) in [5.41, 5.74) is 5.99. The minimum atomic E-state index is -1.01. The second-order valence-electron chi connectivity index (χ2n) is 2.82. The lowest BCUT2D eigenvalue weighted by Crippen LogP contribution is -2.21. The lowest BCUT2D eigenvalue weighted by Gasteiger charge is -2.02. The van der Waals surface area contributed by atoms with Gasteiger partial charge in [-0.3, -0.25) is 4.79 Å². The number of hydrogen-bond acceptors (Lipinski definition) is 4. The summed E-state index contributed by atoms with van der Waals surface area (Å²) in [6.07, 6.45) is 0. The van der Waals surface area contributed by atoms with Gasteiger partial charge < -0.3 is 15.3 Å². The van der Waals surface area contributed by atoms with Crippen LogP contribution >= 0.6 is 0 Å². The van der Waals surface area contributed by atoms with E-state index in [1.165, 1.54) is 0 Å². The van der Waals surface area contributed by atoms with Crippen molar-refractivity contribution in [3.63, 3.8) is 0 Å². The molecule has 0 amide bonds. The van der Waals surface area contributed by atoms with Gasteiger partial charge in [-0.15, -0.1) is 0 Å². The second kappa shape index (κ2) is 3.57. The summed E-state index contributed by atoms with van der Waals surface area (Å²) in [6.45, 7) is 3.49. The van der Waals surface area contributed by atoms with Crippen molar-refractivity contribution in [1.82, 2.24) is 4.98 Å². The van der Waals surface area contributed by atoms with Crippen molar-refractivity contribution < 1.29 is 14.3 Å². The normalized spacial score (nSPS) is 12.8. The molecule has 1 rings (SSSR count). The Balaban J connectivity index is 2.98. The van der Waals surface area contributed by atoms with Crippen LogP contribution in [0.15, 0.2) is 4.42 Å². The zero-order chi connectivity index (χ0) is 10.0. The van der Waals surface area contributed by atoms with Crippen molar-refractivity contribution in [2.24, 2.45) is 5.73 Å². The standard InChI is InChI=1S/C8H12N2O3/c1-4-5(2)13-7(10-4)6(3-9)8(11)12/h6H,3,9H2,1-2H3,(H,11,12). The van der Waals surface area contributed by atoms with Gasteiger partial charge in [0.1, 0.15) is 11.7 Å². The maximum absolute atomic E-state index is 10.7. The first-order valence-electron chi connectivity index (χ1n) is 3.93. The Labute approximate surface area is 75.6 Å². The SMILES string of the molecule is Cc1nc(C(CN)C(=O)O)oc1C. The van der Waals surface area contributed by atoms with Crippen LogP contribution in [-0.4, -0.2) is 22.6 Å². The third kappa shape index (κ3) is 1.86. The average Bonchev–Trinajstić information content (AvgIpc) is 2.32. The molecule has 0 aliphatic heterocycles. The maximum atomic E-state index is 10.7. The second-order valence-corrected chi connectivity index (χ2v) is 2.82. The number of aromatic nitrogens is 1. The van der Waals surface area contributed by atoms with E-state index in [0.29, 0.717) is 11.5 Å². The smallest absolute Gasteiger partial charge is 0.317 e. The topological polar surface area (TPSA) is 89.3 Å². The molecule has 0 aliphatic carbocycles. The number of oxazole rings is 1. The maximum Gasteiger partial charge on any atom is 0.317 e. The van der Waals surface area contributed by atoms with Crippen LogP contribution < -0.4 is 5.73 Å². The van der Waals surface area contributed by atoms with E-state index in [1.54, 1.807) is 13.8 Å². The fraction of sp³-hybridized carbons (Fsp3) is 0.500. The molecular formula is C8H12N2O3. The highest BCUT2D eigenvalue weighted by Crippen LogP contribution is 2.17. The predicted octanol–water partition coefficient (Wildman–Crippen LogP) is 0.418. The molecule has 5 nitrogen and oxygen atoms in total. The van der Waals surface area contributed by atoms with E-state index in [2.05, 4.69) is 4.98 Å². The van der Waals surface area contributed by atoms with Crippen LogP contribution in [0.3, 0.4) is 0 Å². The molecule has 1 heterocycles. The molecule has 0 saturated carbocycles. The van der Waals surface area contributed by atoms with E-state index in [-0.39, 0.29) is 12.4 Å². The molecule has 1 aromatic rings. The van der Waals surface area contributed by atoms with Crippen LogP contribution in [0, 0.1) is 13.8 Å². The molecular weight excluding hydrogens is 172 g/mol. The average molecular weight is 184 g/mol. The quantitative estimate of drug-likeness (QED) is 0.710. The molecule has 13 heavy (non-hydrogen) atoms. The lowest BCUT2D eigenvalue weighted by molar-refractivity contribution is -0.139. The molecule has 0 spiro atoms. The van der Waals surface area contributed by atoms with E-state index < -0.39 is 11.9 Å². The van der Waals surface area contributed by atoms with Crippen molar-refractivity contribution >= 4 is 5.97 Å². The van der Waals surface area contributed by atoms with Crippen LogP contribution in [0.5, 0.6) is 0 Å². The minimum absolute atomic E-state index is 0.00523. The highest BCUT2D eigenvalue weighted by molar-refractivity contribution is 5.74. The Morgan fingerprint density at radius 3 is 2.62 bits per heavy atom. The van der Waals surface area contributed by atoms with Gasteiger partial charge in [0.2, 0.25) is 5.89 Å². The van der Waals surface area contributed by atoms with Crippen LogP contribution in [0.4, 0.5) is 0 Å².